The molecule has 1 aliphatic rings. The van der Waals surface area contributed by atoms with Gasteiger partial charge in [0.25, 0.3) is 0 Å². The number of thioether (sulfide) groups is 1. The number of amides is 1. The Kier molecular flexibility index (Phi) is 13.6. The highest BCUT2D eigenvalue weighted by atomic mass is 127. The van der Waals surface area contributed by atoms with Crippen molar-refractivity contribution < 1.29 is 9.53 Å². The highest BCUT2D eigenvalue weighted by Crippen LogP contribution is 2.25. The van der Waals surface area contributed by atoms with Crippen LogP contribution in [0, 0.1) is 5.92 Å². The van der Waals surface area contributed by atoms with E-state index in [2.05, 4.69) is 34.8 Å². The van der Waals surface area contributed by atoms with Gasteiger partial charge in [-0.2, -0.15) is 11.8 Å². The standard InChI is InChI=1S/C16H32N4O2S.HI/c1-5-22-16(21)20-13(9-12(2)3)10-18-15(17-4)19-11-14-7-6-8-23-14;/h12-14H,5-11H2,1-4H3,(H,20,21)(H2,17,18,19);1H. The first-order valence-electron chi connectivity index (χ1n) is 8.54. The summed E-state index contributed by atoms with van der Waals surface area (Å²) in [7, 11) is 1.77. The van der Waals surface area contributed by atoms with Crippen LogP contribution in [0.25, 0.3) is 0 Å². The van der Waals surface area contributed by atoms with Gasteiger partial charge in [0.2, 0.25) is 0 Å². The van der Waals surface area contributed by atoms with Crippen molar-refractivity contribution in [1.82, 2.24) is 16.0 Å². The van der Waals surface area contributed by atoms with Gasteiger partial charge in [-0.3, -0.25) is 4.99 Å². The van der Waals surface area contributed by atoms with Crippen LogP contribution in [-0.2, 0) is 4.74 Å². The Balaban J connectivity index is 0.00000529. The lowest BCUT2D eigenvalue weighted by Gasteiger charge is -2.22. The lowest BCUT2D eigenvalue weighted by molar-refractivity contribution is 0.146. The molecule has 1 rings (SSSR count). The van der Waals surface area contributed by atoms with Crippen LogP contribution < -0.4 is 16.0 Å². The van der Waals surface area contributed by atoms with E-state index in [0.29, 0.717) is 24.3 Å². The maximum Gasteiger partial charge on any atom is 0.407 e. The maximum absolute atomic E-state index is 11.6. The number of aliphatic imine (C=N–C) groups is 1. The van der Waals surface area contributed by atoms with E-state index in [4.69, 9.17) is 4.74 Å². The molecule has 142 valence electrons. The number of guanidine groups is 1. The predicted octanol–water partition coefficient (Wildman–Crippen LogP) is 2.83. The molecule has 8 heteroatoms. The first-order valence-corrected chi connectivity index (χ1v) is 9.59. The fraction of sp³-hybridized carbons (Fsp3) is 0.875. The summed E-state index contributed by atoms with van der Waals surface area (Å²) in [5.74, 6) is 2.55. The monoisotopic (exact) mass is 472 g/mol. The van der Waals surface area contributed by atoms with E-state index < -0.39 is 0 Å². The Hall–Kier alpha value is -0.380. The van der Waals surface area contributed by atoms with Crippen LogP contribution in [0.2, 0.25) is 0 Å². The van der Waals surface area contributed by atoms with Crippen LogP contribution in [0.15, 0.2) is 4.99 Å². The van der Waals surface area contributed by atoms with Crippen LogP contribution in [0.5, 0.6) is 0 Å². The summed E-state index contributed by atoms with van der Waals surface area (Å²) in [6.07, 6.45) is 3.12. The summed E-state index contributed by atoms with van der Waals surface area (Å²) >= 11 is 2.02. The Labute approximate surface area is 167 Å². The zero-order valence-electron chi connectivity index (χ0n) is 15.3. The van der Waals surface area contributed by atoms with Crippen molar-refractivity contribution in [2.45, 2.75) is 51.3 Å². The number of halogens is 1. The summed E-state index contributed by atoms with van der Waals surface area (Å²) in [6, 6.07) is 0.0217. The van der Waals surface area contributed by atoms with Crippen LogP contribution in [-0.4, -0.2) is 55.8 Å². The van der Waals surface area contributed by atoms with E-state index in [1.54, 1.807) is 7.05 Å². The molecule has 0 aromatic rings. The number of carbonyl (C=O) groups excluding carboxylic acids is 1. The molecule has 2 unspecified atom stereocenters. The van der Waals surface area contributed by atoms with Gasteiger partial charge in [0, 0.05) is 31.4 Å². The van der Waals surface area contributed by atoms with Crippen molar-refractivity contribution in [3.05, 3.63) is 0 Å². The summed E-state index contributed by atoms with van der Waals surface area (Å²) in [6.45, 7) is 8.05. The molecule has 1 saturated heterocycles. The molecule has 0 bridgehead atoms. The third kappa shape index (κ3) is 10.5. The fourth-order valence-corrected chi connectivity index (χ4v) is 3.76. The predicted molar refractivity (Wildman–Crippen MR) is 114 cm³/mol. The molecule has 1 aliphatic heterocycles. The minimum absolute atomic E-state index is 0. The van der Waals surface area contributed by atoms with Crippen LogP contribution in [0.1, 0.15) is 40.0 Å². The first-order chi connectivity index (χ1) is 11.0. The Morgan fingerprint density at radius 1 is 1.38 bits per heavy atom. The van der Waals surface area contributed by atoms with Crippen molar-refractivity contribution in [2.75, 3.05) is 32.5 Å². The van der Waals surface area contributed by atoms with Gasteiger partial charge in [-0.15, -0.1) is 24.0 Å². The molecule has 0 aromatic heterocycles. The molecule has 0 saturated carbocycles. The highest BCUT2D eigenvalue weighted by Gasteiger charge is 2.17. The lowest BCUT2D eigenvalue weighted by atomic mass is 10.0. The van der Waals surface area contributed by atoms with Crippen molar-refractivity contribution in [3.63, 3.8) is 0 Å². The number of hydrogen-bond acceptors (Lipinski definition) is 4. The van der Waals surface area contributed by atoms with Crippen LogP contribution in [0.3, 0.4) is 0 Å². The van der Waals surface area contributed by atoms with Gasteiger partial charge in [0.15, 0.2) is 5.96 Å². The van der Waals surface area contributed by atoms with Crippen molar-refractivity contribution in [2.24, 2.45) is 10.9 Å². The molecule has 0 radical (unpaired) electrons. The Morgan fingerprint density at radius 3 is 2.67 bits per heavy atom. The third-order valence-electron chi connectivity index (χ3n) is 3.61. The average molecular weight is 472 g/mol. The third-order valence-corrected chi connectivity index (χ3v) is 5.01. The zero-order valence-corrected chi connectivity index (χ0v) is 18.4. The van der Waals surface area contributed by atoms with Crippen molar-refractivity contribution in [1.29, 1.82) is 0 Å². The second-order valence-corrected chi connectivity index (χ2v) is 7.57. The number of nitrogens with zero attached hydrogens (tertiary/aromatic N) is 1. The van der Waals surface area contributed by atoms with E-state index in [-0.39, 0.29) is 36.1 Å². The molecule has 6 nitrogen and oxygen atoms in total. The summed E-state index contributed by atoms with van der Waals surface area (Å²) in [4.78, 5) is 15.9. The van der Waals surface area contributed by atoms with E-state index in [1.165, 1.54) is 18.6 Å². The van der Waals surface area contributed by atoms with E-state index in [1.807, 2.05) is 18.7 Å². The van der Waals surface area contributed by atoms with Gasteiger partial charge in [-0.25, -0.2) is 4.79 Å². The fourth-order valence-electron chi connectivity index (χ4n) is 2.56. The molecular weight excluding hydrogens is 439 g/mol. The second kappa shape index (κ2) is 13.9. The van der Waals surface area contributed by atoms with E-state index in [0.717, 1.165) is 18.9 Å². The van der Waals surface area contributed by atoms with Crippen molar-refractivity contribution >= 4 is 47.8 Å². The first kappa shape index (κ1) is 23.6. The van der Waals surface area contributed by atoms with Gasteiger partial charge in [-0.05, 0) is 37.9 Å². The SMILES string of the molecule is CCOC(=O)NC(CNC(=NC)NCC1CCCS1)CC(C)C.I. The van der Waals surface area contributed by atoms with Crippen molar-refractivity contribution in [3.8, 4) is 0 Å². The number of rotatable bonds is 8. The quantitative estimate of drug-likeness (QED) is 0.288. The normalized spacial score (nSPS) is 18.7. The molecule has 0 spiro atoms. The zero-order chi connectivity index (χ0) is 17.1. The van der Waals surface area contributed by atoms with Gasteiger partial charge in [0.1, 0.15) is 0 Å². The van der Waals surface area contributed by atoms with Gasteiger partial charge in [0.05, 0.1) is 6.61 Å². The average Bonchev–Trinajstić information content (AvgIpc) is 3.00. The Morgan fingerprint density at radius 2 is 2.12 bits per heavy atom. The number of alkyl carbamates (subject to hydrolysis) is 1. The summed E-state index contributed by atoms with van der Waals surface area (Å²) in [5.41, 5.74) is 0. The van der Waals surface area contributed by atoms with E-state index >= 15 is 0 Å². The number of ether oxygens (including phenoxy) is 1. The summed E-state index contributed by atoms with van der Waals surface area (Å²) in [5, 5.41) is 10.3. The van der Waals surface area contributed by atoms with Crippen LogP contribution >= 0.6 is 35.7 Å². The topological polar surface area (TPSA) is 74.8 Å². The van der Waals surface area contributed by atoms with Gasteiger partial charge in [-0.1, -0.05) is 13.8 Å². The lowest BCUT2D eigenvalue weighted by Crippen LogP contribution is -2.48. The number of carbonyl (C=O) groups is 1. The minimum atomic E-state index is -0.356. The highest BCUT2D eigenvalue weighted by molar-refractivity contribution is 14.0. The Bertz CT molecular complexity index is 377. The molecule has 3 N–H and O–H groups in total. The van der Waals surface area contributed by atoms with Crippen LogP contribution in [0.4, 0.5) is 4.79 Å². The molecule has 1 fully saturated rings. The number of nitrogens with one attached hydrogen (secondary N) is 3. The largest absolute Gasteiger partial charge is 0.450 e. The molecule has 1 amide bonds. The maximum atomic E-state index is 11.6. The summed E-state index contributed by atoms with van der Waals surface area (Å²) < 4.78 is 4.98. The molecular formula is C16H33IN4O2S. The molecule has 24 heavy (non-hydrogen) atoms. The molecule has 2 atom stereocenters. The molecule has 0 aliphatic carbocycles. The minimum Gasteiger partial charge on any atom is -0.450 e. The molecule has 1 heterocycles. The van der Waals surface area contributed by atoms with E-state index in [9.17, 15) is 4.79 Å². The number of hydrogen-bond donors (Lipinski definition) is 3. The second-order valence-electron chi connectivity index (χ2n) is 6.16. The van der Waals surface area contributed by atoms with Gasteiger partial charge < -0.3 is 20.7 Å². The van der Waals surface area contributed by atoms with Gasteiger partial charge >= 0.3 is 6.09 Å². The smallest absolute Gasteiger partial charge is 0.407 e. The molecule has 0 aromatic carbocycles.